The van der Waals surface area contributed by atoms with Crippen LogP contribution >= 0.6 is 0 Å². The molecular formula is C13H18N2O4. The third-order valence-electron chi connectivity index (χ3n) is 2.44. The van der Waals surface area contributed by atoms with E-state index in [0.29, 0.717) is 6.42 Å². The molecule has 0 saturated carbocycles. The Labute approximate surface area is 111 Å². The number of carbonyl (C=O) groups excluding carboxylic acids is 2. The van der Waals surface area contributed by atoms with E-state index in [1.165, 1.54) is 12.1 Å². The van der Waals surface area contributed by atoms with Gasteiger partial charge in [0.05, 0.1) is 12.6 Å². The van der Waals surface area contributed by atoms with E-state index in [4.69, 9.17) is 10.8 Å². The fraction of sp³-hybridized carbons (Fsp3) is 0.385. The number of nitrogens with two attached hydrogens (primary N) is 1. The van der Waals surface area contributed by atoms with Crippen LogP contribution in [0.3, 0.4) is 0 Å². The molecule has 0 radical (unpaired) electrons. The lowest BCUT2D eigenvalue weighted by Gasteiger charge is -2.12. The van der Waals surface area contributed by atoms with Gasteiger partial charge in [-0.2, -0.15) is 0 Å². The van der Waals surface area contributed by atoms with Crippen molar-refractivity contribution in [1.29, 1.82) is 0 Å². The van der Waals surface area contributed by atoms with Crippen molar-refractivity contribution in [3.8, 4) is 5.75 Å². The van der Waals surface area contributed by atoms with Crippen molar-refractivity contribution in [2.45, 2.75) is 19.4 Å². The Morgan fingerprint density at radius 1 is 1.37 bits per heavy atom. The lowest BCUT2D eigenvalue weighted by molar-refractivity contribution is -0.143. The number of ether oxygens (including phenoxy) is 1. The Morgan fingerprint density at radius 2 is 2.00 bits per heavy atom. The number of rotatable bonds is 6. The van der Waals surface area contributed by atoms with Crippen molar-refractivity contribution in [1.82, 2.24) is 5.32 Å². The van der Waals surface area contributed by atoms with Crippen LogP contribution in [0.2, 0.25) is 0 Å². The fourth-order valence-corrected chi connectivity index (χ4v) is 1.48. The largest absolute Gasteiger partial charge is 0.508 e. The Kier molecular flexibility index (Phi) is 5.81. The van der Waals surface area contributed by atoms with Crippen LogP contribution in [-0.2, 0) is 20.7 Å². The monoisotopic (exact) mass is 266 g/mol. The molecule has 0 aromatic heterocycles. The van der Waals surface area contributed by atoms with E-state index in [1.807, 2.05) is 0 Å². The highest BCUT2D eigenvalue weighted by Crippen LogP contribution is 2.10. The number of carbonyl (C=O) groups is 2. The summed E-state index contributed by atoms with van der Waals surface area (Å²) in [6.45, 7) is 1.78. The minimum absolute atomic E-state index is 0.157. The number of benzene rings is 1. The van der Waals surface area contributed by atoms with Crippen LogP contribution in [0.25, 0.3) is 0 Å². The highest BCUT2D eigenvalue weighted by molar-refractivity contribution is 5.85. The molecule has 0 aliphatic heterocycles. The van der Waals surface area contributed by atoms with Crippen molar-refractivity contribution in [2.75, 3.05) is 13.2 Å². The van der Waals surface area contributed by atoms with Crippen molar-refractivity contribution in [3.63, 3.8) is 0 Å². The second kappa shape index (κ2) is 7.38. The first-order valence-corrected chi connectivity index (χ1v) is 5.99. The number of phenols is 1. The van der Waals surface area contributed by atoms with Gasteiger partial charge >= 0.3 is 5.97 Å². The Bertz CT molecular complexity index is 431. The molecule has 0 bridgehead atoms. The van der Waals surface area contributed by atoms with E-state index < -0.39 is 17.9 Å². The summed E-state index contributed by atoms with van der Waals surface area (Å²) in [5.41, 5.74) is 6.55. The fourth-order valence-electron chi connectivity index (χ4n) is 1.48. The van der Waals surface area contributed by atoms with Gasteiger partial charge in [-0.3, -0.25) is 9.59 Å². The van der Waals surface area contributed by atoms with Gasteiger partial charge in [0.15, 0.2) is 0 Å². The molecule has 0 fully saturated rings. The minimum Gasteiger partial charge on any atom is -0.508 e. The summed E-state index contributed by atoms with van der Waals surface area (Å²) in [7, 11) is 0. The average molecular weight is 266 g/mol. The van der Waals surface area contributed by atoms with Crippen molar-refractivity contribution in [2.24, 2.45) is 5.73 Å². The number of amides is 1. The van der Waals surface area contributed by atoms with Crippen LogP contribution in [0.4, 0.5) is 0 Å². The standard InChI is InChI=1S/C13H18N2O4/c1-2-19-12(17)8-15-13(18)11(14)7-9-3-5-10(16)6-4-9/h3-6,11,16H,2,7-8,14H2,1H3,(H,15,18)/t11-/m0/s1. The third-order valence-corrected chi connectivity index (χ3v) is 2.44. The van der Waals surface area contributed by atoms with Crippen LogP contribution in [0.5, 0.6) is 5.75 Å². The van der Waals surface area contributed by atoms with Gasteiger partial charge in [0.2, 0.25) is 5.91 Å². The maximum Gasteiger partial charge on any atom is 0.325 e. The van der Waals surface area contributed by atoms with E-state index in [0.717, 1.165) is 5.56 Å². The number of nitrogens with one attached hydrogen (secondary N) is 1. The topological polar surface area (TPSA) is 102 Å². The quantitative estimate of drug-likeness (QED) is 0.626. The van der Waals surface area contributed by atoms with Crippen molar-refractivity contribution < 1.29 is 19.4 Å². The maximum atomic E-state index is 11.6. The lowest BCUT2D eigenvalue weighted by Crippen LogP contribution is -2.44. The maximum absolute atomic E-state index is 11.6. The van der Waals surface area contributed by atoms with E-state index >= 15 is 0 Å². The van der Waals surface area contributed by atoms with Crippen LogP contribution in [0.1, 0.15) is 12.5 Å². The average Bonchev–Trinajstić information content (AvgIpc) is 2.39. The molecule has 1 aromatic rings. The van der Waals surface area contributed by atoms with Gasteiger partial charge in [-0.15, -0.1) is 0 Å². The molecule has 1 amide bonds. The molecular weight excluding hydrogens is 248 g/mol. The highest BCUT2D eigenvalue weighted by Gasteiger charge is 2.15. The normalized spacial score (nSPS) is 11.7. The van der Waals surface area contributed by atoms with Crippen LogP contribution in [-0.4, -0.2) is 36.2 Å². The number of hydrogen-bond acceptors (Lipinski definition) is 5. The molecule has 19 heavy (non-hydrogen) atoms. The predicted molar refractivity (Wildman–Crippen MR) is 69.4 cm³/mol. The molecule has 6 heteroatoms. The second-order valence-corrected chi connectivity index (χ2v) is 4.00. The molecule has 6 nitrogen and oxygen atoms in total. The second-order valence-electron chi connectivity index (χ2n) is 4.00. The Balaban J connectivity index is 2.40. The third kappa shape index (κ3) is 5.39. The summed E-state index contributed by atoms with van der Waals surface area (Å²) >= 11 is 0. The van der Waals surface area contributed by atoms with E-state index in [9.17, 15) is 9.59 Å². The molecule has 0 aliphatic rings. The SMILES string of the molecule is CCOC(=O)CNC(=O)[C@@H](N)Cc1ccc(O)cc1. The first-order valence-electron chi connectivity index (χ1n) is 5.99. The van der Waals surface area contributed by atoms with Crippen LogP contribution in [0.15, 0.2) is 24.3 Å². The van der Waals surface area contributed by atoms with Crippen LogP contribution < -0.4 is 11.1 Å². The van der Waals surface area contributed by atoms with Crippen molar-refractivity contribution in [3.05, 3.63) is 29.8 Å². The zero-order chi connectivity index (χ0) is 14.3. The molecule has 1 aromatic carbocycles. The Morgan fingerprint density at radius 3 is 2.58 bits per heavy atom. The highest BCUT2D eigenvalue weighted by atomic mass is 16.5. The molecule has 104 valence electrons. The first kappa shape index (κ1) is 15.0. The summed E-state index contributed by atoms with van der Waals surface area (Å²) in [4.78, 5) is 22.7. The molecule has 1 atom stereocenters. The number of esters is 1. The smallest absolute Gasteiger partial charge is 0.325 e. The zero-order valence-electron chi connectivity index (χ0n) is 10.8. The summed E-state index contributed by atoms with van der Waals surface area (Å²) < 4.78 is 4.68. The van der Waals surface area contributed by atoms with Gasteiger partial charge < -0.3 is 20.9 Å². The Hall–Kier alpha value is -2.08. The zero-order valence-corrected chi connectivity index (χ0v) is 10.8. The van der Waals surface area contributed by atoms with Gasteiger partial charge in [-0.1, -0.05) is 12.1 Å². The number of phenolic OH excluding ortho intramolecular Hbond substituents is 1. The van der Waals surface area contributed by atoms with Crippen LogP contribution in [0, 0.1) is 0 Å². The molecule has 0 heterocycles. The number of aromatic hydroxyl groups is 1. The lowest BCUT2D eigenvalue weighted by atomic mass is 10.1. The summed E-state index contributed by atoms with van der Waals surface area (Å²) in [6.07, 6.45) is 0.328. The molecule has 4 N–H and O–H groups in total. The van der Waals surface area contributed by atoms with Gasteiger partial charge in [0.1, 0.15) is 12.3 Å². The molecule has 1 rings (SSSR count). The summed E-state index contributed by atoms with van der Waals surface area (Å²) in [6, 6.07) is 5.68. The molecule has 0 unspecified atom stereocenters. The van der Waals surface area contributed by atoms with E-state index in [-0.39, 0.29) is 18.9 Å². The van der Waals surface area contributed by atoms with Gasteiger partial charge in [-0.05, 0) is 31.0 Å². The molecule has 0 aliphatic carbocycles. The van der Waals surface area contributed by atoms with Gasteiger partial charge in [0.25, 0.3) is 0 Å². The molecule has 0 saturated heterocycles. The van der Waals surface area contributed by atoms with E-state index in [2.05, 4.69) is 10.1 Å². The summed E-state index contributed by atoms with van der Waals surface area (Å²) in [5, 5.41) is 11.5. The predicted octanol–water partition coefficient (Wildman–Crippen LogP) is -0.0587. The molecule has 0 spiro atoms. The van der Waals surface area contributed by atoms with Crippen molar-refractivity contribution >= 4 is 11.9 Å². The van der Waals surface area contributed by atoms with Gasteiger partial charge in [0, 0.05) is 0 Å². The number of hydrogen-bond donors (Lipinski definition) is 3. The minimum atomic E-state index is -0.751. The summed E-state index contributed by atoms with van der Waals surface area (Å²) in [5.74, 6) is -0.752. The first-order chi connectivity index (χ1) is 9.02. The van der Waals surface area contributed by atoms with E-state index in [1.54, 1.807) is 19.1 Å². The van der Waals surface area contributed by atoms with Gasteiger partial charge in [-0.25, -0.2) is 0 Å².